The molecule has 0 fully saturated rings. The van der Waals surface area contributed by atoms with Gasteiger partial charge in [-0.25, -0.2) is 0 Å². The highest BCUT2D eigenvalue weighted by atomic mass is 19.4. The molecule has 1 aromatic carbocycles. The first kappa shape index (κ1) is 14.3. The molecule has 7 heteroatoms. The second kappa shape index (κ2) is 5.72. The molecular formula is C11H14F3N3O. The van der Waals surface area contributed by atoms with Crippen molar-refractivity contribution in [1.82, 2.24) is 4.90 Å². The van der Waals surface area contributed by atoms with E-state index < -0.39 is 25.2 Å². The zero-order chi connectivity index (χ0) is 13.8. The minimum atomic E-state index is -4.39. The number of para-hydroxylation sites is 1. The molecule has 18 heavy (non-hydrogen) atoms. The molecule has 0 atom stereocenters. The van der Waals surface area contributed by atoms with Gasteiger partial charge in [-0.05, 0) is 11.6 Å². The second-order valence-corrected chi connectivity index (χ2v) is 3.93. The van der Waals surface area contributed by atoms with Crippen molar-refractivity contribution in [3.8, 4) is 0 Å². The van der Waals surface area contributed by atoms with Crippen molar-refractivity contribution in [3.05, 3.63) is 29.8 Å². The van der Waals surface area contributed by atoms with Crippen molar-refractivity contribution >= 4 is 11.6 Å². The molecule has 0 bridgehead atoms. The number of hydrogen-bond acceptors (Lipinski definition) is 3. The van der Waals surface area contributed by atoms with Crippen molar-refractivity contribution in [2.24, 2.45) is 5.73 Å². The molecule has 1 amide bonds. The van der Waals surface area contributed by atoms with Crippen molar-refractivity contribution in [2.45, 2.75) is 12.7 Å². The lowest BCUT2D eigenvalue weighted by molar-refractivity contribution is -0.149. The molecular weight excluding hydrogens is 247 g/mol. The zero-order valence-electron chi connectivity index (χ0n) is 9.57. The van der Waals surface area contributed by atoms with Crippen LogP contribution in [0.4, 0.5) is 18.9 Å². The van der Waals surface area contributed by atoms with Gasteiger partial charge in [0.25, 0.3) is 0 Å². The number of amides is 1. The lowest BCUT2D eigenvalue weighted by Gasteiger charge is -2.22. The first-order valence-corrected chi connectivity index (χ1v) is 5.19. The number of anilines is 1. The summed E-state index contributed by atoms with van der Waals surface area (Å²) in [5.74, 6) is -0.811. The summed E-state index contributed by atoms with van der Waals surface area (Å²) in [6.45, 7) is -1.74. The Hall–Kier alpha value is -1.76. The number of alkyl halides is 3. The number of rotatable bonds is 5. The molecule has 100 valence electrons. The van der Waals surface area contributed by atoms with Crippen LogP contribution in [0.1, 0.15) is 5.56 Å². The summed E-state index contributed by atoms with van der Waals surface area (Å²) < 4.78 is 37.0. The quantitative estimate of drug-likeness (QED) is 0.780. The van der Waals surface area contributed by atoms with E-state index in [0.717, 1.165) is 4.90 Å². The van der Waals surface area contributed by atoms with Gasteiger partial charge in [0, 0.05) is 12.2 Å². The summed E-state index contributed by atoms with van der Waals surface area (Å²) >= 11 is 0. The van der Waals surface area contributed by atoms with E-state index in [9.17, 15) is 18.0 Å². The first-order chi connectivity index (χ1) is 8.28. The number of halogens is 3. The van der Waals surface area contributed by atoms with E-state index >= 15 is 0 Å². The highest BCUT2D eigenvalue weighted by Crippen LogP contribution is 2.19. The molecule has 0 heterocycles. The Kier molecular flexibility index (Phi) is 4.55. The Morgan fingerprint density at radius 3 is 2.39 bits per heavy atom. The Labute approximate surface area is 102 Å². The standard InChI is InChI=1S/C11H14F3N3O/c12-11(13,14)7-17(6-10(16)18)5-8-3-1-2-4-9(8)15/h1-4H,5-7,15H2,(H2,16,18). The predicted molar refractivity (Wildman–Crippen MR) is 61.4 cm³/mol. The molecule has 0 aromatic heterocycles. The summed E-state index contributed by atoms with van der Waals surface area (Å²) in [7, 11) is 0. The third-order valence-electron chi connectivity index (χ3n) is 2.23. The maximum atomic E-state index is 12.3. The normalized spacial score (nSPS) is 11.8. The lowest BCUT2D eigenvalue weighted by atomic mass is 10.1. The average Bonchev–Trinajstić information content (AvgIpc) is 2.17. The number of nitrogens with zero attached hydrogens (tertiary/aromatic N) is 1. The van der Waals surface area contributed by atoms with Crippen LogP contribution in [0.2, 0.25) is 0 Å². The molecule has 0 saturated heterocycles. The highest BCUT2D eigenvalue weighted by Gasteiger charge is 2.31. The number of primary amides is 1. The van der Waals surface area contributed by atoms with Gasteiger partial charge in [-0.3, -0.25) is 9.69 Å². The van der Waals surface area contributed by atoms with Crippen LogP contribution >= 0.6 is 0 Å². The molecule has 0 aliphatic rings. The SMILES string of the molecule is NC(=O)CN(Cc1ccccc1N)CC(F)(F)F. The summed E-state index contributed by atoms with van der Waals surface area (Å²) in [6.07, 6.45) is -4.39. The molecule has 4 nitrogen and oxygen atoms in total. The van der Waals surface area contributed by atoms with Crippen LogP contribution in [0, 0.1) is 0 Å². The van der Waals surface area contributed by atoms with Crippen LogP contribution in [0.3, 0.4) is 0 Å². The van der Waals surface area contributed by atoms with Gasteiger partial charge < -0.3 is 11.5 Å². The van der Waals surface area contributed by atoms with E-state index in [4.69, 9.17) is 11.5 Å². The van der Waals surface area contributed by atoms with Gasteiger partial charge >= 0.3 is 6.18 Å². The van der Waals surface area contributed by atoms with E-state index in [2.05, 4.69) is 0 Å². The number of carbonyl (C=O) groups excluding carboxylic acids is 1. The fourth-order valence-electron chi connectivity index (χ4n) is 1.56. The summed E-state index contributed by atoms with van der Waals surface area (Å²) in [5.41, 5.74) is 11.5. The average molecular weight is 261 g/mol. The minimum absolute atomic E-state index is 0.0743. The fourth-order valence-corrected chi connectivity index (χ4v) is 1.56. The monoisotopic (exact) mass is 261 g/mol. The molecule has 1 rings (SSSR count). The Morgan fingerprint density at radius 2 is 1.89 bits per heavy atom. The summed E-state index contributed by atoms with van der Waals surface area (Å²) in [5, 5.41) is 0. The van der Waals surface area contributed by atoms with E-state index in [-0.39, 0.29) is 6.54 Å². The van der Waals surface area contributed by atoms with Crippen LogP contribution in [0.15, 0.2) is 24.3 Å². The third kappa shape index (κ3) is 5.05. The van der Waals surface area contributed by atoms with Gasteiger partial charge in [0.05, 0.1) is 13.1 Å². The lowest BCUT2D eigenvalue weighted by Crippen LogP contribution is -2.39. The van der Waals surface area contributed by atoms with E-state index in [0.29, 0.717) is 11.3 Å². The number of nitrogen functional groups attached to an aromatic ring is 1. The number of benzene rings is 1. The smallest absolute Gasteiger partial charge is 0.398 e. The minimum Gasteiger partial charge on any atom is -0.398 e. The van der Waals surface area contributed by atoms with Gasteiger partial charge in [0.15, 0.2) is 0 Å². The first-order valence-electron chi connectivity index (χ1n) is 5.19. The van der Waals surface area contributed by atoms with E-state index in [1.54, 1.807) is 24.3 Å². The second-order valence-electron chi connectivity index (χ2n) is 3.93. The Bertz CT molecular complexity index is 420. The fraction of sp³-hybridized carbons (Fsp3) is 0.364. The summed E-state index contributed by atoms with van der Waals surface area (Å²) in [6, 6.07) is 6.55. The molecule has 0 saturated carbocycles. The van der Waals surface area contributed by atoms with Crippen LogP contribution in [-0.4, -0.2) is 30.1 Å². The zero-order valence-corrected chi connectivity index (χ0v) is 9.57. The number of hydrogen-bond donors (Lipinski definition) is 2. The maximum absolute atomic E-state index is 12.3. The largest absolute Gasteiger partial charge is 0.401 e. The number of nitrogens with two attached hydrogens (primary N) is 2. The summed E-state index contributed by atoms with van der Waals surface area (Å²) in [4.78, 5) is 11.7. The van der Waals surface area contributed by atoms with Gasteiger partial charge in [-0.1, -0.05) is 18.2 Å². The molecule has 4 N–H and O–H groups in total. The van der Waals surface area contributed by atoms with Crippen LogP contribution < -0.4 is 11.5 Å². The van der Waals surface area contributed by atoms with Crippen LogP contribution in [0.25, 0.3) is 0 Å². The Morgan fingerprint density at radius 1 is 1.28 bits per heavy atom. The van der Waals surface area contributed by atoms with Crippen molar-refractivity contribution in [2.75, 3.05) is 18.8 Å². The number of carbonyl (C=O) groups is 1. The van der Waals surface area contributed by atoms with Gasteiger partial charge in [0.2, 0.25) is 5.91 Å². The maximum Gasteiger partial charge on any atom is 0.401 e. The molecule has 0 spiro atoms. The molecule has 0 unspecified atom stereocenters. The van der Waals surface area contributed by atoms with Crippen molar-refractivity contribution in [1.29, 1.82) is 0 Å². The van der Waals surface area contributed by atoms with Gasteiger partial charge in [-0.15, -0.1) is 0 Å². The predicted octanol–water partition coefficient (Wildman–Crippen LogP) is 1.12. The Balaban J connectivity index is 2.78. The van der Waals surface area contributed by atoms with Gasteiger partial charge in [-0.2, -0.15) is 13.2 Å². The van der Waals surface area contributed by atoms with E-state index in [1.165, 1.54) is 0 Å². The molecule has 0 aliphatic carbocycles. The topological polar surface area (TPSA) is 72.4 Å². The highest BCUT2D eigenvalue weighted by molar-refractivity contribution is 5.75. The van der Waals surface area contributed by atoms with Crippen molar-refractivity contribution in [3.63, 3.8) is 0 Å². The van der Waals surface area contributed by atoms with Crippen molar-refractivity contribution < 1.29 is 18.0 Å². The molecule has 0 aliphatic heterocycles. The van der Waals surface area contributed by atoms with Crippen LogP contribution in [0.5, 0.6) is 0 Å². The van der Waals surface area contributed by atoms with Crippen LogP contribution in [-0.2, 0) is 11.3 Å². The third-order valence-corrected chi connectivity index (χ3v) is 2.23. The molecule has 1 aromatic rings. The molecule has 0 radical (unpaired) electrons. The van der Waals surface area contributed by atoms with E-state index in [1.807, 2.05) is 0 Å². The van der Waals surface area contributed by atoms with Gasteiger partial charge in [0.1, 0.15) is 0 Å².